The number of rotatable bonds is 7. The van der Waals surface area contributed by atoms with Crippen LogP contribution in [0.3, 0.4) is 0 Å². The van der Waals surface area contributed by atoms with Gasteiger partial charge in [0.1, 0.15) is 0 Å². The van der Waals surface area contributed by atoms with E-state index in [0.29, 0.717) is 0 Å². The molecule has 22 heavy (non-hydrogen) atoms. The van der Waals surface area contributed by atoms with Gasteiger partial charge >= 0.3 is 0 Å². The Morgan fingerprint density at radius 1 is 1.27 bits per heavy atom. The molecule has 0 radical (unpaired) electrons. The Labute approximate surface area is 135 Å². The van der Waals surface area contributed by atoms with E-state index in [1.54, 1.807) is 5.57 Å². The number of ether oxygens (including phenoxy) is 1. The van der Waals surface area contributed by atoms with Gasteiger partial charge in [0.25, 0.3) is 0 Å². The van der Waals surface area contributed by atoms with Crippen molar-refractivity contribution in [1.29, 1.82) is 0 Å². The zero-order chi connectivity index (χ0) is 15.5. The van der Waals surface area contributed by atoms with Crippen molar-refractivity contribution >= 4 is 5.96 Å². The number of morpholine rings is 1. The lowest BCUT2D eigenvalue weighted by Gasteiger charge is -2.25. The minimum Gasteiger partial charge on any atom is -0.379 e. The quantitative estimate of drug-likeness (QED) is 0.427. The van der Waals surface area contributed by atoms with Gasteiger partial charge in [-0.15, -0.1) is 0 Å². The van der Waals surface area contributed by atoms with Crippen molar-refractivity contribution in [2.75, 3.05) is 52.5 Å². The van der Waals surface area contributed by atoms with E-state index >= 15 is 0 Å². The van der Waals surface area contributed by atoms with Crippen LogP contribution in [0.15, 0.2) is 16.6 Å². The third kappa shape index (κ3) is 6.79. The Balaban J connectivity index is 1.66. The average Bonchev–Trinajstić information content (AvgIpc) is 2.57. The number of guanidine groups is 1. The van der Waals surface area contributed by atoms with Crippen molar-refractivity contribution in [2.45, 2.75) is 39.0 Å². The predicted octanol–water partition coefficient (Wildman–Crippen LogP) is 1.76. The lowest BCUT2D eigenvalue weighted by Crippen LogP contribution is -2.40. The number of allylic oxidation sites excluding steroid dienone is 1. The van der Waals surface area contributed by atoms with Crippen LogP contribution in [-0.2, 0) is 4.74 Å². The molecular formula is C17H32N4O. The van der Waals surface area contributed by atoms with Gasteiger partial charge < -0.3 is 15.4 Å². The highest BCUT2D eigenvalue weighted by Gasteiger charge is 2.09. The molecule has 0 saturated carbocycles. The molecule has 5 heteroatoms. The molecule has 0 aromatic heterocycles. The van der Waals surface area contributed by atoms with Gasteiger partial charge in [0.05, 0.1) is 19.8 Å². The zero-order valence-electron chi connectivity index (χ0n) is 14.1. The molecule has 1 aliphatic heterocycles. The molecule has 1 aliphatic carbocycles. The molecular weight excluding hydrogens is 276 g/mol. The van der Waals surface area contributed by atoms with E-state index in [2.05, 4.69) is 33.5 Å². The van der Waals surface area contributed by atoms with E-state index < -0.39 is 0 Å². The van der Waals surface area contributed by atoms with Crippen molar-refractivity contribution in [2.24, 2.45) is 4.99 Å². The standard InChI is InChI=1S/C17H32N4O/c1-2-18-17(19-9-8-16-6-4-3-5-7-16)20-10-11-21-12-14-22-15-13-21/h6H,2-5,7-15H2,1H3,(H2,18,19,20). The first-order chi connectivity index (χ1) is 10.9. The van der Waals surface area contributed by atoms with Crippen LogP contribution in [0.25, 0.3) is 0 Å². The third-order valence-corrected chi connectivity index (χ3v) is 4.26. The van der Waals surface area contributed by atoms with Gasteiger partial charge in [-0.25, -0.2) is 0 Å². The molecule has 0 bridgehead atoms. The lowest BCUT2D eigenvalue weighted by molar-refractivity contribution is 0.0394. The van der Waals surface area contributed by atoms with Crippen molar-refractivity contribution in [1.82, 2.24) is 15.5 Å². The highest BCUT2D eigenvalue weighted by atomic mass is 16.5. The molecule has 0 spiro atoms. The fourth-order valence-corrected chi connectivity index (χ4v) is 2.94. The first kappa shape index (κ1) is 17.3. The molecule has 1 saturated heterocycles. The predicted molar refractivity (Wildman–Crippen MR) is 92.4 cm³/mol. The van der Waals surface area contributed by atoms with Crippen molar-refractivity contribution in [3.05, 3.63) is 11.6 Å². The summed E-state index contributed by atoms with van der Waals surface area (Å²) in [5.41, 5.74) is 1.61. The summed E-state index contributed by atoms with van der Waals surface area (Å²) < 4.78 is 5.37. The van der Waals surface area contributed by atoms with Crippen LogP contribution in [0.4, 0.5) is 0 Å². The number of hydrogen-bond acceptors (Lipinski definition) is 3. The lowest BCUT2D eigenvalue weighted by atomic mass is 9.97. The largest absolute Gasteiger partial charge is 0.379 e. The molecule has 2 rings (SSSR count). The summed E-state index contributed by atoms with van der Waals surface area (Å²) in [4.78, 5) is 7.10. The van der Waals surface area contributed by atoms with Gasteiger partial charge in [0.15, 0.2) is 5.96 Å². The van der Waals surface area contributed by atoms with Gasteiger partial charge in [-0.1, -0.05) is 11.6 Å². The number of nitrogens with zero attached hydrogens (tertiary/aromatic N) is 2. The molecule has 0 aromatic rings. The van der Waals surface area contributed by atoms with Crippen molar-refractivity contribution < 1.29 is 4.74 Å². The van der Waals surface area contributed by atoms with Crippen LogP contribution < -0.4 is 10.6 Å². The zero-order valence-corrected chi connectivity index (χ0v) is 14.1. The van der Waals surface area contributed by atoms with Crippen molar-refractivity contribution in [3.8, 4) is 0 Å². The minimum atomic E-state index is 0.845. The first-order valence-electron chi connectivity index (χ1n) is 8.88. The maximum atomic E-state index is 5.37. The Morgan fingerprint density at radius 3 is 2.86 bits per heavy atom. The van der Waals surface area contributed by atoms with Crippen LogP contribution in [0.2, 0.25) is 0 Å². The number of aliphatic imine (C=N–C) groups is 1. The fourth-order valence-electron chi connectivity index (χ4n) is 2.94. The SMILES string of the molecule is CCNC(=NCCN1CCOCC1)NCCC1=CCCCC1. The Bertz CT molecular complexity index is 362. The van der Waals surface area contributed by atoms with Gasteiger partial charge in [-0.3, -0.25) is 9.89 Å². The Hall–Kier alpha value is -1.07. The maximum absolute atomic E-state index is 5.37. The van der Waals surface area contributed by atoms with Crippen LogP contribution in [0, 0.1) is 0 Å². The molecule has 126 valence electrons. The summed E-state index contributed by atoms with van der Waals surface area (Å²) in [7, 11) is 0. The normalized spacial score (nSPS) is 20.6. The van der Waals surface area contributed by atoms with E-state index in [-0.39, 0.29) is 0 Å². The number of nitrogens with one attached hydrogen (secondary N) is 2. The van der Waals surface area contributed by atoms with E-state index in [1.807, 2.05) is 0 Å². The van der Waals surface area contributed by atoms with Crippen LogP contribution in [0.5, 0.6) is 0 Å². The second-order valence-electron chi connectivity index (χ2n) is 6.00. The van der Waals surface area contributed by atoms with Crippen LogP contribution in [0.1, 0.15) is 39.0 Å². The smallest absolute Gasteiger partial charge is 0.191 e. The van der Waals surface area contributed by atoms with Gasteiger partial charge in [-0.05, 0) is 39.0 Å². The monoisotopic (exact) mass is 308 g/mol. The summed E-state index contributed by atoms with van der Waals surface area (Å²) in [6.45, 7) is 9.66. The summed E-state index contributed by atoms with van der Waals surface area (Å²) in [6, 6.07) is 0. The molecule has 0 unspecified atom stereocenters. The average molecular weight is 308 g/mol. The third-order valence-electron chi connectivity index (χ3n) is 4.26. The molecule has 0 aromatic carbocycles. The van der Waals surface area contributed by atoms with Gasteiger partial charge in [0, 0.05) is 32.7 Å². The highest BCUT2D eigenvalue weighted by Crippen LogP contribution is 2.19. The summed E-state index contributed by atoms with van der Waals surface area (Å²) in [5, 5.41) is 6.79. The number of hydrogen-bond donors (Lipinski definition) is 2. The Morgan fingerprint density at radius 2 is 2.14 bits per heavy atom. The molecule has 0 atom stereocenters. The van der Waals surface area contributed by atoms with E-state index in [9.17, 15) is 0 Å². The second-order valence-corrected chi connectivity index (χ2v) is 6.00. The topological polar surface area (TPSA) is 48.9 Å². The minimum absolute atomic E-state index is 0.845. The van der Waals surface area contributed by atoms with Crippen LogP contribution >= 0.6 is 0 Å². The molecule has 0 amide bonds. The summed E-state index contributed by atoms with van der Waals surface area (Å²) in [5.74, 6) is 0.951. The Kier molecular flexibility index (Phi) is 8.35. The van der Waals surface area contributed by atoms with Gasteiger partial charge in [-0.2, -0.15) is 0 Å². The molecule has 5 nitrogen and oxygen atoms in total. The van der Waals surface area contributed by atoms with Crippen molar-refractivity contribution in [3.63, 3.8) is 0 Å². The summed E-state index contributed by atoms with van der Waals surface area (Å²) >= 11 is 0. The molecule has 2 N–H and O–H groups in total. The van der Waals surface area contributed by atoms with Gasteiger partial charge in [0.2, 0.25) is 0 Å². The summed E-state index contributed by atoms with van der Waals surface area (Å²) in [6.07, 6.45) is 8.85. The van der Waals surface area contributed by atoms with Crippen LogP contribution in [-0.4, -0.2) is 63.3 Å². The maximum Gasteiger partial charge on any atom is 0.191 e. The molecule has 1 fully saturated rings. The van der Waals surface area contributed by atoms with E-state index in [4.69, 9.17) is 4.74 Å². The first-order valence-corrected chi connectivity index (χ1v) is 8.88. The highest BCUT2D eigenvalue weighted by molar-refractivity contribution is 5.79. The van der Waals surface area contributed by atoms with E-state index in [1.165, 1.54) is 25.7 Å². The fraction of sp³-hybridized carbons (Fsp3) is 0.824. The molecule has 2 aliphatic rings. The molecule has 1 heterocycles. The van der Waals surface area contributed by atoms with E-state index in [0.717, 1.165) is 64.9 Å². The second kappa shape index (κ2) is 10.6.